The Morgan fingerprint density at radius 1 is 0.341 bits per heavy atom. The van der Waals surface area contributed by atoms with Crippen molar-refractivity contribution in [1.29, 1.82) is 0 Å². The number of aliphatic hydroxyl groups is 1. The molecular formula is C63H122O17P2. The Kier molecular flexibility index (Phi) is 52.0. The third-order valence-electron chi connectivity index (χ3n) is 14.7. The standard InChI is InChI=1S/C63H122O17P2/c1-9-56(8)42-34-26-20-22-28-36-44-61(66)74-50-59(80-63(68)46-38-30-18-14-13-16-24-32-40-54(4)5)52-78-82(71,72)76-48-57(64)47-75-81(69,70)77-51-58(49-73-60(65)43-35-27-21-19-25-33-41-55(6)7)79-62(67)45-37-29-17-12-10-11-15-23-31-39-53(2)3/h53-59,64H,9-52H2,1-8H3,(H,69,70)(H,71,72)/t56?,57-,58+,59+/m0/s1. The van der Waals surface area contributed by atoms with Gasteiger partial charge in [-0.3, -0.25) is 37.3 Å². The van der Waals surface area contributed by atoms with Gasteiger partial charge >= 0.3 is 39.5 Å². The fourth-order valence-electron chi connectivity index (χ4n) is 9.22. The summed E-state index contributed by atoms with van der Waals surface area (Å²) in [6.45, 7) is 13.9. The maximum Gasteiger partial charge on any atom is 0.472 e. The zero-order chi connectivity index (χ0) is 61.1. The number of aliphatic hydroxyl groups excluding tert-OH is 1. The molecule has 19 heteroatoms. The summed E-state index contributed by atoms with van der Waals surface area (Å²) < 4.78 is 67.9. The lowest BCUT2D eigenvalue weighted by atomic mass is 10.00. The fraction of sp³-hybridized carbons (Fsp3) is 0.937. The van der Waals surface area contributed by atoms with E-state index in [4.69, 9.17) is 37.0 Å². The van der Waals surface area contributed by atoms with Crippen LogP contribution in [0.5, 0.6) is 0 Å². The van der Waals surface area contributed by atoms with Gasteiger partial charge in [0.2, 0.25) is 0 Å². The normalized spacial score (nSPS) is 14.8. The van der Waals surface area contributed by atoms with E-state index in [2.05, 4.69) is 55.4 Å². The summed E-state index contributed by atoms with van der Waals surface area (Å²) in [6.07, 6.45) is 32.3. The van der Waals surface area contributed by atoms with E-state index in [-0.39, 0.29) is 25.7 Å². The number of phosphoric ester groups is 2. The number of hydrogen-bond donors (Lipinski definition) is 3. The lowest BCUT2D eigenvalue weighted by Crippen LogP contribution is -2.30. The smallest absolute Gasteiger partial charge is 0.462 e. The van der Waals surface area contributed by atoms with Gasteiger partial charge in [-0.15, -0.1) is 0 Å². The Morgan fingerprint density at radius 2 is 0.585 bits per heavy atom. The van der Waals surface area contributed by atoms with Gasteiger partial charge in [0.1, 0.15) is 19.3 Å². The molecule has 6 atom stereocenters. The Morgan fingerprint density at radius 3 is 0.866 bits per heavy atom. The van der Waals surface area contributed by atoms with Crippen LogP contribution < -0.4 is 0 Å². The van der Waals surface area contributed by atoms with Crippen molar-refractivity contribution in [2.45, 2.75) is 318 Å². The highest BCUT2D eigenvalue weighted by atomic mass is 31.2. The van der Waals surface area contributed by atoms with Crippen molar-refractivity contribution in [1.82, 2.24) is 0 Å². The molecule has 486 valence electrons. The third kappa shape index (κ3) is 55.9. The number of hydrogen-bond acceptors (Lipinski definition) is 15. The molecular weight excluding hydrogens is 1090 g/mol. The summed E-state index contributed by atoms with van der Waals surface area (Å²) in [4.78, 5) is 72.1. The van der Waals surface area contributed by atoms with E-state index >= 15 is 0 Å². The zero-order valence-corrected chi connectivity index (χ0v) is 54.9. The van der Waals surface area contributed by atoms with Crippen LogP contribution in [0.15, 0.2) is 0 Å². The van der Waals surface area contributed by atoms with Crippen molar-refractivity contribution < 1.29 is 80.2 Å². The van der Waals surface area contributed by atoms with E-state index in [1.54, 1.807) is 0 Å². The predicted octanol–water partition coefficient (Wildman–Crippen LogP) is 17.0. The number of phosphoric acid groups is 2. The van der Waals surface area contributed by atoms with Gasteiger partial charge in [0, 0.05) is 25.7 Å². The van der Waals surface area contributed by atoms with Crippen molar-refractivity contribution in [3.8, 4) is 0 Å². The first-order valence-corrected chi connectivity index (χ1v) is 35.7. The van der Waals surface area contributed by atoms with E-state index in [1.165, 1.54) is 89.9 Å². The van der Waals surface area contributed by atoms with Crippen LogP contribution in [-0.4, -0.2) is 96.7 Å². The van der Waals surface area contributed by atoms with Crippen LogP contribution in [0.3, 0.4) is 0 Å². The fourth-order valence-corrected chi connectivity index (χ4v) is 10.8. The van der Waals surface area contributed by atoms with E-state index < -0.39 is 97.5 Å². The first-order chi connectivity index (χ1) is 39.1. The van der Waals surface area contributed by atoms with Gasteiger partial charge < -0.3 is 33.8 Å². The third-order valence-corrected chi connectivity index (χ3v) is 16.6. The van der Waals surface area contributed by atoms with Crippen molar-refractivity contribution in [3.05, 3.63) is 0 Å². The molecule has 17 nitrogen and oxygen atoms in total. The summed E-state index contributed by atoms with van der Waals surface area (Å²) in [5.41, 5.74) is 0. The molecule has 0 radical (unpaired) electrons. The van der Waals surface area contributed by atoms with Crippen LogP contribution >= 0.6 is 15.6 Å². The van der Waals surface area contributed by atoms with Crippen molar-refractivity contribution in [3.63, 3.8) is 0 Å². The van der Waals surface area contributed by atoms with E-state index in [0.717, 1.165) is 120 Å². The molecule has 0 bridgehead atoms. The molecule has 0 aliphatic heterocycles. The number of esters is 4. The molecule has 0 aliphatic rings. The molecule has 3 unspecified atom stereocenters. The van der Waals surface area contributed by atoms with Crippen molar-refractivity contribution in [2.24, 2.45) is 23.7 Å². The minimum atomic E-state index is -4.94. The molecule has 0 fully saturated rings. The summed E-state index contributed by atoms with van der Waals surface area (Å²) in [7, 11) is -9.89. The maximum absolute atomic E-state index is 13.0. The van der Waals surface area contributed by atoms with Crippen LogP contribution in [0.1, 0.15) is 299 Å². The van der Waals surface area contributed by atoms with Gasteiger partial charge in [-0.1, -0.05) is 248 Å². The van der Waals surface area contributed by atoms with Crippen LogP contribution in [0.25, 0.3) is 0 Å². The second kappa shape index (κ2) is 53.3. The molecule has 0 aromatic heterocycles. The van der Waals surface area contributed by atoms with Crippen molar-refractivity contribution >= 4 is 39.5 Å². The minimum Gasteiger partial charge on any atom is -0.462 e. The second-order valence-electron chi connectivity index (χ2n) is 24.5. The molecule has 0 saturated heterocycles. The molecule has 0 heterocycles. The summed E-state index contributed by atoms with van der Waals surface area (Å²) in [5.74, 6) is 0.721. The number of carbonyl (C=O) groups excluding carboxylic acids is 4. The number of unbranched alkanes of at least 4 members (excludes halogenated alkanes) is 25. The average Bonchev–Trinajstić information content (AvgIpc) is 3.44. The van der Waals surface area contributed by atoms with Crippen LogP contribution in [0.2, 0.25) is 0 Å². The second-order valence-corrected chi connectivity index (χ2v) is 27.4. The zero-order valence-electron chi connectivity index (χ0n) is 53.1. The van der Waals surface area contributed by atoms with Crippen LogP contribution in [0, 0.1) is 23.7 Å². The molecule has 0 aliphatic carbocycles. The quantitative estimate of drug-likeness (QED) is 0.0222. The number of carbonyl (C=O) groups is 4. The van der Waals surface area contributed by atoms with Gasteiger partial charge in [0.15, 0.2) is 12.2 Å². The molecule has 0 aromatic carbocycles. The minimum absolute atomic E-state index is 0.103. The van der Waals surface area contributed by atoms with E-state index in [0.29, 0.717) is 31.6 Å². The number of rotatable bonds is 60. The lowest BCUT2D eigenvalue weighted by molar-refractivity contribution is -0.161. The topological polar surface area (TPSA) is 237 Å². The number of ether oxygens (including phenoxy) is 4. The highest BCUT2D eigenvalue weighted by molar-refractivity contribution is 7.47. The Balaban J connectivity index is 5.26. The van der Waals surface area contributed by atoms with Gasteiger partial charge in [0.25, 0.3) is 0 Å². The highest BCUT2D eigenvalue weighted by Crippen LogP contribution is 2.45. The summed E-state index contributed by atoms with van der Waals surface area (Å²) in [5, 5.41) is 10.5. The molecule has 0 amide bonds. The molecule has 0 spiro atoms. The monoisotopic (exact) mass is 1210 g/mol. The summed E-state index contributed by atoms with van der Waals surface area (Å²) >= 11 is 0. The Hall–Kier alpha value is -1.94. The van der Waals surface area contributed by atoms with Gasteiger partial charge in [-0.25, -0.2) is 9.13 Å². The SMILES string of the molecule is CCC(C)CCCCCCCCC(=O)OC[C@H](COP(=O)(O)OC[C@@H](O)COP(=O)(O)OC[C@@H](COC(=O)CCCCCCCCC(C)C)OC(=O)CCCCCCCCCCCC(C)C)OC(=O)CCCCCCCCCCC(C)C. The summed E-state index contributed by atoms with van der Waals surface area (Å²) in [6, 6.07) is 0. The predicted molar refractivity (Wildman–Crippen MR) is 326 cm³/mol. The molecule has 3 N–H and O–H groups in total. The van der Waals surface area contributed by atoms with Gasteiger partial charge in [-0.2, -0.15) is 0 Å². The van der Waals surface area contributed by atoms with Crippen LogP contribution in [-0.2, 0) is 65.4 Å². The van der Waals surface area contributed by atoms with Gasteiger partial charge in [-0.05, 0) is 49.4 Å². The molecule has 0 saturated carbocycles. The van der Waals surface area contributed by atoms with Crippen LogP contribution in [0.4, 0.5) is 0 Å². The Bertz CT molecular complexity index is 1650. The first-order valence-electron chi connectivity index (χ1n) is 32.7. The largest absolute Gasteiger partial charge is 0.472 e. The molecule has 82 heavy (non-hydrogen) atoms. The average molecular weight is 1210 g/mol. The van der Waals surface area contributed by atoms with E-state index in [9.17, 15) is 43.2 Å². The van der Waals surface area contributed by atoms with Gasteiger partial charge in [0.05, 0.1) is 26.4 Å². The maximum atomic E-state index is 13.0. The molecule has 0 aromatic rings. The lowest BCUT2D eigenvalue weighted by Gasteiger charge is -2.21. The highest BCUT2D eigenvalue weighted by Gasteiger charge is 2.30. The van der Waals surface area contributed by atoms with Crippen molar-refractivity contribution in [2.75, 3.05) is 39.6 Å². The van der Waals surface area contributed by atoms with E-state index in [1.807, 2.05) is 0 Å². The molecule has 0 rings (SSSR count). The Labute approximate surface area is 498 Å². The first kappa shape index (κ1) is 80.1.